The molecule has 2 aromatic rings. The highest BCUT2D eigenvalue weighted by molar-refractivity contribution is 5.94. The summed E-state index contributed by atoms with van der Waals surface area (Å²) in [4.78, 5) is 24.2. The molecule has 0 bridgehead atoms. The Bertz CT molecular complexity index is 800. The molecule has 3 N–H and O–H groups in total. The monoisotopic (exact) mass is 367 g/mol. The fraction of sp³-hybridized carbons (Fsp3) is 0.364. The molecular weight excluding hydrogens is 338 g/mol. The SMILES string of the molecule is CCc1ccccc1NC(=O)CNC(=O)NCC(C)(C)c1cccc(C)c1. The third-order valence-electron chi connectivity index (χ3n) is 4.57. The summed E-state index contributed by atoms with van der Waals surface area (Å²) < 4.78 is 0. The highest BCUT2D eigenvalue weighted by Gasteiger charge is 2.21. The van der Waals surface area contributed by atoms with E-state index in [-0.39, 0.29) is 23.9 Å². The summed E-state index contributed by atoms with van der Waals surface area (Å²) in [7, 11) is 0. The number of para-hydroxylation sites is 1. The molecule has 5 heteroatoms. The van der Waals surface area contributed by atoms with Gasteiger partial charge in [-0.05, 0) is 30.5 Å². The molecule has 0 radical (unpaired) electrons. The Kier molecular flexibility index (Phi) is 6.99. The molecule has 2 aromatic carbocycles. The lowest BCUT2D eigenvalue weighted by molar-refractivity contribution is -0.115. The van der Waals surface area contributed by atoms with Crippen molar-refractivity contribution in [2.45, 2.75) is 39.5 Å². The Morgan fingerprint density at radius 1 is 1.00 bits per heavy atom. The molecular formula is C22H29N3O2. The maximum absolute atomic E-state index is 12.1. The molecule has 0 aliphatic heterocycles. The number of rotatable bonds is 7. The van der Waals surface area contributed by atoms with E-state index in [4.69, 9.17) is 0 Å². The molecule has 144 valence electrons. The molecule has 0 spiro atoms. The predicted molar refractivity (Wildman–Crippen MR) is 110 cm³/mol. The van der Waals surface area contributed by atoms with Gasteiger partial charge >= 0.3 is 6.03 Å². The van der Waals surface area contributed by atoms with E-state index in [1.807, 2.05) is 37.3 Å². The lowest BCUT2D eigenvalue weighted by atomic mass is 9.84. The van der Waals surface area contributed by atoms with Crippen molar-refractivity contribution in [3.63, 3.8) is 0 Å². The summed E-state index contributed by atoms with van der Waals surface area (Å²) in [6.07, 6.45) is 0.832. The first-order chi connectivity index (χ1) is 12.8. The van der Waals surface area contributed by atoms with Crippen molar-refractivity contribution < 1.29 is 9.59 Å². The topological polar surface area (TPSA) is 70.2 Å². The van der Waals surface area contributed by atoms with Crippen LogP contribution in [0.25, 0.3) is 0 Å². The highest BCUT2D eigenvalue weighted by Crippen LogP contribution is 2.23. The van der Waals surface area contributed by atoms with Gasteiger partial charge < -0.3 is 16.0 Å². The van der Waals surface area contributed by atoms with E-state index in [9.17, 15) is 9.59 Å². The molecule has 0 saturated heterocycles. The van der Waals surface area contributed by atoms with Gasteiger partial charge in [-0.3, -0.25) is 4.79 Å². The molecule has 0 heterocycles. The molecule has 0 aliphatic carbocycles. The van der Waals surface area contributed by atoms with Gasteiger partial charge in [0.05, 0.1) is 6.54 Å². The molecule has 2 rings (SSSR count). The lowest BCUT2D eigenvalue weighted by Crippen LogP contribution is -2.44. The number of urea groups is 1. The largest absolute Gasteiger partial charge is 0.337 e. The van der Waals surface area contributed by atoms with Gasteiger partial charge in [-0.25, -0.2) is 4.79 Å². The first-order valence-corrected chi connectivity index (χ1v) is 9.28. The Hall–Kier alpha value is -2.82. The van der Waals surface area contributed by atoms with Crippen molar-refractivity contribution in [1.82, 2.24) is 10.6 Å². The lowest BCUT2D eigenvalue weighted by Gasteiger charge is -2.26. The molecule has 0 aromatic heterocycles. The van der Waals surface area contributed by atoms with E-state index in [0.717, 1.165) is 23.2 Å². The summed E-state index contributed by atoms with van der Waals surface area (Å²) in [5.41, 5.74) is 4.00. The van der Waals surface area contributed by atoms with Crippen molar-refractivity contribution in [3.8, 4) is 0 Å². The molecule has 27 heavy (non-hydrogen) atoms. The molecule has 0 saturated carbocycles. The van der Waals surface area contributed by atoms with E-state index in [2.05, 4.69) is 54.9 Å². The fourth-order valence-corrected chi connectivity index (χ4v) is 2.84. The van der Waals surface area contributed by atoms with Crippen LogP contribution in [0, 0.1) is 6.92 Å². The normalized spacial score (nSPS) is 11.0. The van der Waals surface area contributed by atoms with Crippen LogP contribution in [0.2, 0.25) is 0 Å². The van der Waals surface area contributed by atoms with E-state index in [1.54, 1.807) is 0 Å². The van der Waals surface area contributed by atoms with E-state index >= 15 is 0 Å². The fourth-order valence-electron chi connectivity index (χ4n) is 2.84. The van der Waals surface area contributed by atoms with Crippen LogP contribution >= 0.6 is 0 Å². The summed E-state index contributed by atoms with van der Waals surface area (Å²) in [6.45, 7) is 8.64. The second kappa shape index (κ2) is 9.21. The number of carbonyl (C=O) groups excluding carboxylic acids is 2. The maximum atomic E-state index is 12.1. The third kappa shape index (κ3) is 6.13. The quantitative estimate of drug-likeness (QED) is 0.697. The zero-order chi connectivity index (χ0) is 19.9. The summed E-state index contributed by atoms with van der Waals surface area (Å²) in [6, 6.07) is 15.6. The van der Waals surface area contributed by atoms with Crippen molar-refractivity contribution in [1.29, 1.82) is 0 Å². The van der Waals surface area contributed by atoms with Gasteiger partial charge in [-0.2, -0.15) is 0 Å². The van der Waals surface area contributed by atoms with Crippen LogP contribution < -0.4 is 16.0 Å². The summed E-state index contributed by atoms with van der Waals surface area (Å²) in [5.74, 6) is -0.246. The molecule has 3 amide bonds. The summed E-state index contributed by atoms with van der Waals surface area (Å²) in [5, 5.41) is 8.31. The first-order valence-electron chi connectivity index (χ1n) is 9.28. The van der Waals surface area contributed by atoms with Gasteiger partial charge in [-0.15, -0.1) is 0 Å². The number of aryl methyl sites for hydroxylation is 2. The van der Waals surface area contributed by atoms with E-state index < -0.39 is 0 Å². The number of hydrogen-bond acceptors (Lipinski definition) is 2. The minimum absolute atomic E-state index is 0.0746. The standard InChI is InChI=1S/C22H29N3O2/c1-5-17-10-6-7-12-19(17)25-20(26)14-23-21(27)24-15-22(3,4)18-11-8-9-16(2)13-18/h6-13H,5,14-15H2,1-4H3,(H,25,26)(H2,23,24,27). The minimum Gasteiger partial charge on any atom is -0.337 e. The first kappa shape index (κ1) is 20.5. The number of nitrogens with one attached hydrogen (secondary N) is 3. The molecule has 0 fully saturated rings. The Morgan fingerprint density at radius 2 is 1.74 bits per heavy atom. The average Bonchev–Trinajstić information content (AvgIpc) is 2.65. The van der Waals surface area contributed by atoms with E-state index in [1.165, 1.54) is 5.56 Å². The van der Waals surface area contributed by atoms with Crippen LogP contribution in [-0.4, -0.2) is 25.0 Å². The van der Waals surface area contributed by atoms with Crippen molar-refractivity contribution in [3.05, 3.63) is 65.2 Å². The summed E-state index contributed by atoms with van der Waals surface area (Å²) >= 11 is 0. The van der Waals surface area contributed by atoms with Crippen LogP contribution in [0.4, 0.5) is 10.5 Å². The average molecular weight is 367 g/mol. The third-order valence-corrected chi connectivity index (χ3v) is 4.57. The Labute approximate surface area is 161 Å². The second-order valence-corrected chi connectivity index (χ2v) is 7.35. The molecule has 5 nitrogen and oxygen atoms in total. The van der Waals surface area contributed by atoms with Gasteiger partial charge in [0.2, 0.25) is 5.91 Å². The van der Waals surface area contributed by atoms with Crippen molar-refractivity contribution >= 4 is 17.6 Å². The zero-order valence-electron chi connectivity index (χ0n) is 16.6. The maximum Gasteiger partial charge on any atom is 0.315 e. The van der Waals surface area contributed by atoms with Gasteiger partial charge in [0.15, 0.2) is 0 Å². The van der Waals surface area contributed by atoms with Crippen LogP contribution in [0.1, 0.15) is 37.5 Å². The van der Waals surface area contributed by atoms with Crippen molar-refractivity contribution in [2.75, 3.05) is 18.4 Å². The van der Waals surface area contributed by atoms with E-state index in [0.29, 0.717) is 6.54 Å². The molecule has 0 atom stereocenters. The zero-order valence-corrected chi connectivity index (χ0v) is 16.6. The number of carbonyl (C=O) groups is 2. The number of amides is 3. The Balaban J connectivity index is 1.81. The number of anilines is 1. The van der Waals surface area contributed by atoms with Gasteiger partial charge in [-0.1, -0.05) is 68.8 Å². The van der Waals surface area contributed by atoms with Crippen LogP contribution in [-0.2, 0) is 16.6 Å². The highest BCUT2D eigenvalue weighted by atomic mass is 16.2. The van der Waals surface area contributed by atoms with Gasteiger partial charge in [0.25, 0.3) is 0 Å². The number of benzene rings is 2. The number of hydrogen-bond donors (Lipinski definition) is 3. The minimum atomic E-state index is -0.352. The molecule has 0 aliphatic rings. The van der Waals surface area contributed by atoms with Gasteiger partial charge in [0, 0.05) is 17.6 Å². The molecule has 0 unspecified atom stereocenters. The van der Waals surface area contributed by atoms with Crippen molar-refractivity contribution in [2.24, 2.45) is 0 Å². The Morgan fingerprint density at radius 3 is 2.44 bits per heavy atom. The van der Waals surface area contributed by atoms with Crippen LogP contribution in [0.15, 0.2) is 48.5 Å². The van der Waals surface area contributed by atoms with Crippen LogP contribution in [0.3, 0.4) is 0 Å². The second-order valence-electron chi connectivity index (χ2n) is 7.35. The van der Waals surface area contributed by atoms with Crippen LogP contribution in [0.5, 0.6) is 0 Å². The smallest absolute Gasteiger partial charge is 0.315 e. The predicted octanol–water partition coefficient (Wildman–Crippen LogP) is 3.77. The van der Waals surface area contributed by atoms with Gasteiger partial charge in [0.1, 0.15) is 0 Å².